The maximum atomic E-state index is 12.0. The molecule has 124 valence electrons. The molecular formula is C14H20F3N3OS. The van der Waals surface area contributed by atoms with E-state index in [0.717, 1.165) is 13.1 Å². The van der Waals surface area contributed by atoms with Gasteiger partial charge in [0.2, 0.25) is 5.91 Å². The molecule has 1 N–H and O–H groups in total. The summed E-state index contributed by atoms with van der Waals surface area (Å²) in [6, 6.07) is 2.43. The molecule has 2 heterocycles. The smallest absolute Gasteiger partial charge is 0.346 e. The summed E-state index contributed by atoms with van der Waals surface area (Å²) in [4.78, 5) is 15.7. The van der Waals surface area contributed by atoms with Gasteiger partial charge in [-0.25, -0.2) is 0 Å². The minimum atomic E-state index is -4.36. The molecule has 0 bridgehead atoms. The van der Waals surface area contributed by atoms with Gasteiger partial charge in [0, 0.05) is 32.2 Å². The van der Waals surface area contributed by atoms with Crippen molar-refractivity contribution >= 4 is 17.2 Å². The highest BCUT2D eigenvalue weighted by molar-refractivity contribution is 7.07. The minimum absolute atomic E-state index is 0.0246. The molecule has 2 rings (SSSR count). The molecule has 0 saturated carbocycles. The number of alkyl halides is 3. The molecule has 22 heavy (non-hydrogen) atoms. The average molecular weight is 335 g/mol. The molecular weight excluding hydrogens is 315 g/mol. The predicted octanol–water partition coefficient (Wildman–Crippen LogP) is 2.11. The van der Waals surface area contributed by atoms with Gasteiger partial charge in [0.05, 0.1) is 6.54 Å². The van der Waals surface area contributed by atoms with Gasteiger partial charge in [-0.3, -0.25) is 14.6 Å². The van der Waals surface area contributed by atoms with Gasteiger partial charge in [0.15, 0.2) is 0 Å². The summed E-state index contributed by atoms with van der Waals surface area (Å²) in [5.74, 6) is -0.573. The standard InChI is InChI=1S/C14H20F3N3OS/c1-11(12-2-7-22-9-12)20-5-3-19(4-6-20)8-13(21)18-10-14(15,16)17/h2,7,9,11H,3-6,8,10H2,1H3,(H,18,21)/t11-/m0/s1. The fourth-order valence-electron chi connectivity index (χ4n) is 2.49. The number of hydrogen-bond acceptors (Lipinski definition) is 4. The predicted molar refractivity (Wildman–Crippen MR) is 79.8 cm³/mol. The van der Waals surface area contributed by atoms with Crippen LogP contribution in [-0.2, 0) is 4.79 Å². The number of hydrogen-bond donors (Lipinski definition) is 1. The molecule has 1 atom stereocenters. The topological polar surface area (TPSA) is 35.6 Å². The second-order valence-electron chi connectivity index (χ2n) is 5.44. The van der Waals surface area contributed by atoms with Gasteiger partial charge in [-0.2, -0.15) is 24.5 Å². The van der Waals surface area contributed by atoms with Gasteiger partial charge in [-0.15, -0.1) is 0 Å². The van der Waals surface area contributed by atoms with E-state index in [4.69, 9.17) is 0 Å². The van der Waals surface area contributed by atoms with Crippen LogP contribution in [0.25, 0.3) is 0 Å². The molecule has 1 aromatic rings. The number of rotatable bonds is 5. The monoisotopic (exact) mass is 335 g/mol. The van der Waals surface area contributed by atoms with Crippen LogP contribution in [-0.4, -0.2) is 61.2 Å². The first-order valence-corrected chi connectivity index (χ1v) is 8.11. The average Bonchev–Trinajstić information content (AvgIpc) is 2.99. The maximum absolute atomic E-state index is 12.0. The highest BCUT2D eigenvalue weighted by Gasteiger charge is 2.28. The van der Waals surface area contributed by atoms with Crippen molar-refractivity contribution in [1.82, 2.24) is 15.1 Å². The van der Waals surface area contributed by atoms with Gasteiger partial charge >= 0.3 is 6.18 Å². The van der Waals surface area contributed by atoms with Gasteiger partial charge in [-0.1, -0.05) is 0 Å². The Balaban J connectivity index is 1.72. The van der Waals surface area contributed by atoms with Crippen molar-refractivity contribution in [3.63, 3.8) is 0 Å². The molecule has 8 heteroatoms. The normalized spacial score (nSPS) is 19.1. The van der Waals surface area contributed by atoms with E-state index in [1.54, 1.807) is 11.3 Å². The summed E-state index contributed by atoms with van der Waals surface area (Å²) in [5.41, 5.74) is 1.28. The quantitative estimate of drug-likeness (QED) is 0.895. The lowest BCUT2D eigenvalue weighted by molar-refractivity contribution is -0.139. The Bertz CT molecular complexity index is 470. The molecule has 4 nitrogen and oxygen atoms in total. The number of nitrogens with zero attached hydrogens (tertiary/aromatic N) is 2. The van der Waals surface area contributed by atoms with Gasteiger partial charge < -0.3 is 5.32 Å². The van der Waals surface area contributed by atoms with Crippen molar-refractivity contribution < 1.29 is 18.0 Å². The van der Waals surface area contributed by atoms with Crippen molar-refractivity contribution in [3.05, 3.63) is 22.4 Å². The van der Waals surface area contributed by atoms with Crippen LogP contribution in [0.5, 0.6) is 0 Å². The third-order valence-electron chi connectivity index (χ3n) is 3.83. The van der Waals surface area contributed by atoms with Gasteiger partial charge in [0.1, 0.15) is 6.54 Å². The largest absolute Gasteiger partial charge is 0.405 e. The summed E-state index contributed by atoms with van der Waals surface area (Å²) in [6.07, 6.45) is -4.36. The number of carbonyl (C=O) groups is 1. The zero-order valence-electron chi connectivity index (χ0n) is 12.4. The van der Waals surface area contributed by atoms with E-state index in [9.17, 15) is 18.0 Å². The Morgan fingerprint density at radius 2 is 2.05 bits per heavy atom. The van der Waals surface area contributed by atoms with Crippen molar-refractivity contribution in [2.24, 2.45) is 0 Å². The van der Waals surface area contributed by atoms with Crippen LogP contribution in [0.15, 0.2) is 16.8 Å². The molecule has 1 aliphatic rings. The first kappa shape index (κ1) is 17.2. The molecule has 1 aliphatic heterocycles. The number of amides is 1. The van der Waals surface area contributed by atoms with Crippen molar-refractivity contribution in [2.45, 2.75) is 19.1 Å². The zero-order chi connectivity index (χ0) is 16.2. The highest BCUT2D eigenvalue weighted by Crippen LogP contribution is 2.23. The van der Waals surface area contributed by atoms with Crippen LogP contribution in [0.3, 0.4) is 0 Å². The third kappa shape index (κ3) is 5.26. The molecule has 1 aromatic heterocycles. The summed E-state index contributed by atoms with van der Waals surface area (Å²) < 4.78 is 36.1. The number of thiophene rings is 1. The fourth-order valence-corrected chi connectivity index (χ4v) is 3.24. The highest BCUT2D eigenvalue weighted by atomic mass is 32.1. The van der Waals surface area contributed by atoms with Crippen LogP contribution < -0.4 is 5.32 Å². The first-order chi connectivity index (χ1) is 10.3. The Morgan fingerprint density at radius 3 is 2.59 bits per heavy atom. The second-order valence-corrected chi connectivity index (χ2v) is 6.22. The first-order valence-electron chi connectivity index (χ1n) is 7.17. The molecule has 0 spiro atoms. The van der Waals surface area contributed by atoms with E-state index < -0.39 is 18.6 Å². The Kier molecular flexibility index (Phi) is 5.82. The Hall–Kier alpha value is -1.12. The molecule has 1 amide bonds. The second kappa shape index (κ2) is 7.43. The summed E-state index contributed by atoms with van der Waals surface area (Å²) >= 11 is 1.67. The lowest BCUT2D eigenvalue weighted by Crippen LogP contribution is -2.50. The fraction of sp³-hybridized carbons (Fsp3) is 0.643. The maximum Gasteiger partial charge on any atom is 0.405 e. The Labute approximate surface area is 131 Å². The number of nitrogens with one attached hydrogen (secondary N) is 1. The summed E-state index contributed by atoms with van der Waals surface area (Å²) in [5, 5.41) is 6.08. The molecule has 1 saturated heterocycles. The molecule has 0 radical (unpaired) electrons. The Morgan fingerprint density at radius 1 is 1.36 bits per heavy atom. The number of halogens is 3. The summed E-state index contributed by atoms with van der Waals surface area (Å²) in [6.45, 7) is 3.90. The van der Waals surface area contributed by atoms with E-state index in [1.165, 1.54) is 5.56 Å². The van der Waals surface area contributed by atoms with E-state index in [2.05, 4.69) is 23.3 Å². The van der Waals surface area contributed by atoms with Crippen LogP contribution in [0.1, 0.15) is 18.5 Å². The molecule has 0 aliphatic carbocycles. The lowest BCUT2D eigenvalue weighted by Gasteiger charge is -2.37. The molecule has 1 fully saturated rings. The van der Waals surface area contributed by atoms with E-state index in [1.807, 2.05) is 15.6 Å². The van der Waals surface area contributed by atoms with Crippen molar-refractivity contribution in [1.29, 1.82) is 0 Å². The van der Waals surface area contributed by atoms with Crippen LogP contribution in [0.4, 0.5) is 13.2 Å². The number of carbonyl (C=O) groups excluding carboxylic acids is 1. The summed E-state index contributed by atoms with van der Waals surface area (Å²) in [7, 11) is 0. The lowest BCUT2D eigenvalue weighted by atomic mass is 10.1. The van der Waals surface area contributed by atoms with Crippen molar-refractivity contribution in [2.75, 3.05) is 39.3 Å². The van der Waals surface area contributed by atoms with Crippen LogP contribution in [0.2, 0.25) is 0 Å². The van der Waals surface area contributed by atoms with Gasteiger partial charge in [-0.05, 0) is 29.3 Å². The van der Waals surface area contributed by atoms with Gasteiger partial charge in [0.25, 0.3) is 0 Å². The molecule has 0 unspecified atom stereocenters. The van der Waals surface area contributed by atoms with Crippen molar-refractivity contribution in [3.8, 4) is 0 Å². The van der Waals surface area contributed by atoms with Crippen LogP contribution >= 0.6 is 11.3 Å². The SMILES string of the molecule is C[C@@H](c1ccsc1)N1CCN(CC(=O)NCC(F)(F)F)CC1. The van der Waals surface area contributed by atoms with Crippen LogP contribution in [0, 0.1) is 0 Å². The van der Waals surface area contributed by atoms with E-state index in [-0.39, 0.29) is 6.54 Å². The van der Waals surface area contributed by atoms with E-state index in [0.29, 0.717) is 19.1 Å². The molecule has 0 aromatic carbocycles. The third-order valence-corrected chi connectivity index (χ3v) is 4.53. The zero-order valence-corrected chi connectivity index (χ0v) is 13.2. The number of piperazine rings is 1. The van der Waals surface area contributed by atoms with E-state index >= 15 is 0 Å². The minimum Gasteiger partial charge on any atom is -0.346 e.